The maximum absolute atomic E-state index is 14.0. The van der Waals surface area contributed by atoms with Crippen LogP contribution in [0.2, 0.25) is 5.02 Å². The summed E-state index contributed by atoms with van der Waals surface area (Å²) < 4.78 is 19.2. The van der Waals surface area contributed by atoms with Crippen molar-refractivity contribution in [3.05, 3.63) is 82.0 Å². The quantitative estimate of drug-likeness (QED) is 0.280. The first-order valence-electron chi connectivity index (χ1n) is 11.3. The lowest BCUT2D eigenvalue weighted by Gasteiger charge is -2.30. The Labute approximate surface area is 212 Å². The van der Waals surface area contributed by atoms with Gasteiger partial charge in [0.2, 0.25) is 0 Å². The summed E-state index contributed by atoms with van der Waals surface area (Å²) >= 11 is 7.40. The maximum atomic E-state index is 14.0. The zero-order valence-electron chi connectivity index (χ0n) is 19.0. The van der Waals surface area contributed by atoms with Crippen LogP contribution in [0.3, 0.4) is 0 Å². The largest absolute Gasteiger partial charge is 0.449 e. The second kappa shape index (κ2) is 11.5. The number of aromatic nitrogens is 1. The zero-order valence-corrected chi connectivity index (χ0v) is 20.6. The van der Waals surface area contributed by atoms with E-state index >= 15 is 0 Å². The minimum atomic E-state index is -0.403. The maximum Gasteiger partial charge on any atom is 0.409 e. The molecule has 2 heterocycles. The molecule has 4 rings (SSSR count). The van der Waals surface area contributed by atoms with E-state index in [1.165, 1.54) is 29.5 Å². The highest BCUT2D eigenvalue weighted by Gasteiger charge is 2.27. The van der Waals surface area contributed by atoms with Gasteiger partial charge in [-0.25, -0.2) is 14.2 Å². The van der Waals surface area contributed by atoms with Crippen LogP contribution in [-0.4, -0.2) is 41.6 Å². The van der Waals surface area contributed by atoms with Crippen LogP contribution in [0.4, 0.5) is 14.9 Å². The Morgan fingerprint density at radius 1 is 1.23 bits per heavy atom. The number of hydrogen-bond acceptors (Lipinski definition) is 5. The van der Waals surface area contributed by atoms with Crippen molar-refractivity contribution >= 4 is 40.6 Å². The molecule has 2 amide bonds. The summed E-state index contributed by atoms with van der Waals surface area (Å²) in [6, 6.07) is 11.2. The fourth-order valence-electron chi connectivity index (χ4n) is 3.89. The van der Waals surface area contributed by atoms with E-state index in [1.54, 1.807) is 40.6 Å². The number of piperidine rings is 1. The Morgan fingerprint density at radius 2 is 1.97 bits per heavy atom. The van der Waals surface area contributed by atoms with Crippen LogP contribution in [0.15, 0.2) is 60.5 Å². The molecule has 9 heteroatoms. The van der Waals surface area contributed by atoms with Crippen LogP contribution in [0.5, 0.6) is 0 Å². The van der Waals surface area contributed by atoms with Crippen molar-refractivity contribution < 1.29 is 18.7 Å². The summed E-state index contributed by atoms with van der Waals surface area (Å²) in [5.41, 5.74) is 2.08. The molecule has 0 saturated carbocycles. The number of thiazole rings is 1. The molecule has 6 nitrogen and oxygen atoms in total. The second-order valence-corrected chi connectivity index (χ2v) is 9.50. The van der Waals surface area contributed by atoms with E-state index in [9.17, 15) is 14.0 Å². The SMILES string of the molecule is C=CCCOC(=O)N1CCC(c2nc(C(=O)Nc3ccc(F)cc3-c3ccc(Cl)cc3)cs2)CC1. The van der Waals surface area contributed by atoms with Crippen LogP contribution in [-0.2, 0) is 4.74 Å². The number of rotatable bonds is 7. The number of amides is 2. The third kappa shape index (κ3) is 6.26. The molecule has 0 aliphatic carbocycles. The fourth-order valence-corrected chi connectivity index (χ4v) is 4.99. The molecular formula is C26H25ClFN3O3S. The van der Waals surface area contributed by atoms with Crippen molar-refractivity contribution in [2.24, 2.45) is 0 Å². The predicted molar refractivity (Wildman–Crippen MR) is 137 cm³/mol. The van der Waals surface area contributed by atoms with Crippen LogP contribution < -0.4 is 5.32 Å². The van der Waals surface area contributed by atoms with E-state index in [0.717, 1.165) is 23.4 Å². The number of nitrogens with one attached hydrogen (secondary N) is 1. The highest BCUT2D eigenvalue weighted by Crippen LogP contribution is 2.32. The first kappa shape index (κ1) is 24.9. The lowest BCUT2D eigenvalue weighted by atomic mass is 9.98. The summed E-state index contributed by atoms with van der Waals surface area (Å²) in [5.74, 6) is -0.591. The van der Waals surface area contributed by atoms with Crippen molar-refractivity contribution in [2.75, 3.05) is 25.0 Å². The molecule has 182 valence electrons. The normalized spacial score (nSPS) is 13.9. The average Bonchev–Trinajstić information content (AvgIpc) is 3.36. The lowest BCUT2D eigenvalue weighted by Crippen LogP contribution is -2.38. The molecule has 0 unspecified atom stereocenters. The molecule has 0 bridgehead atoms. The van der Waals surface area contributed by atoms with Crippen molar-refractivity contribution in [1.82, 2.24) is 9.88 Å². The van der Waals surface area contributed by atoms with E-state index in [2.05, 4.69) is 16.9 Å². The number of anilines is 1. The molecule has 0 spiro atoms. The Hall–Kier alpha value is -3.23. The van der Waals surface area contributed by atoms with Gasteiger partial charge in [-0.2, -0.15) is 0 Å². The monoisotopic (exact) mass is 513 g/mol. The Morgan fingerprint density at radius 3 is 2.69 bits per heavy atom. The summed E-state index contributed by atoms with van der Waals surface area (Å²) in [7, 11) is 0. The number of halogens is 2. The van der Waals surface area contributed by atoms with Crippen molar-refractivity contribution in [3.63, 3.8) is 0 Å². The molecule has 1 aliphatic heterocycles. The lowest BCUT2D eigenvalue weighted by molar-refractivity contribution is 0.0941. The number of hydrogen-bond donors (Lipinski definition) is 1. The van der Waals surface area contributed by atoms with E-state index < -0.39 is 5.82 Å². The van der Waals surface area contributed by atoms with Crippen LogP contribution in [0.1, 0.15) is 40.7 Å². The number of carbonyl (C=O) groups excluding carboxylic acids is 2. The third-order valence-electron chi connectivity index (χ3n) is 5.79. The minimum Gasteiger partial charge on any atom is -0.449 e. The molecule has 1 aromatic heterocycles. The average molecular weight is 514 g/mol. The summed E-state index contributed by atoms with van der Waals surface area (Å²) in [4.78, 5) is 31.3. The zero-order chi connectivity index (χ0) is 24.8. The molecule has 0 atom stereocenters. The van der Waals surface area contributed by atoms with Gasteiger partial charge in [-0.1, -0.05) is 29.8 Å². The van der Waals surface area contributed by atoms with Crippen LogP contribution in [0, 0.1) is 5.82 Å². The van der Waals surface area contributed by atoms with Gasteiger partial charge in [-0.05, 0) is 55.2 Å². The van der Waals surface area contributed by atoms with Gasteiger partial charge in [0.15, 0.2) is 0 Å². The summed E-state index contributed by atoms with van der Waals surface area (Å²) in [5, 5.41) is 6.03. The smallest absolute Gasteiger partial charge is 0.409 e. The minimum absolute atomic E-state index is 0.175. The highest BCUT2D eigenvalue weighted by atomic mass is 35.5. The Balaban J connectivity index is 1.40. The van der Waals surface area contributed by atoms with Gasteiger partial charge in [0.25, 0.3) is 5.91 Å². The van der Waals surface area contributed by atoms with E-state index in [0.29, 0.717) is 48.1 Å². The van der Waals surface area contributed by atoms with Gasteiger partial charge in [-0.15, -0.1) is 17.9 Å². The Kier molecular flexibility index (Phi) is 8.15. The number of benzene rings is 2. The molecule has 2 aromatic carbocycles. The van der Waals surface area contributed by atoms with Gasteiger partial charge in [0.1, 0.15) is 11.5 Å². The molecule has 1 aliphatic rings. The highest BCUT2D eigenvalue weighted by molar-refractivity contribution is 7.10. The molecule has 35 heavy (non-hydrogen) atoms. The van der Waals surface area contributed by atoms with Gasteiger partial charge in [0.05, 0.1) is 11.6 Å². The van der Waals surface area contributed by atoms with Gasteiger partial charge >= 0.3 is 6.09 Å². The second-order valence-electron chi connectivity index (χ2n) is 8.17. The number of carbonyl (C=O) groups is 2. The number of likely N-dealkylation sites (tertiary alicyclic amines) is 1. The molecule has 1 N–H and O–H groups in total. The first-order valence-corrected chi connectivity index (χ1v) is 12.5. The van der Waals surface area contributed by atoms with Gasteiger partial charge in [0, 0.05) is 40.7 Å². The Bertz CT molecular complexity index is 1210. The van der Waals surface area contributed by atoms with Crippen molar-refractivity contribution in [2.45, 2.75) is 25.2 Å². The molecule has 3 aromatic rings. The van der Waals surface area contributed by atoms with Crippen LogP contribution in [0.25, 0.3) is 11.1 Å². The third-order valence-corrected chi connectivity index (χ3v) is 7.05. The number of ether oxygens (including phenoxy) is 1. The summed E-state index contributed by atoms with van der Waals surface area (Å²) in [6.45, 7) is 5.12. The van der Waals surface area contributed by atoms with Gasteiger partial charge < -0.3 is 15.0 Å². The van der Waals surface area contributed by atoms with Gasteiger partial charge in [-0.3, -0.25) is 4.79 Å². The van der Waals surface area contributed by atoms with Crippen molar-refractivity contribution in [3.8, 4) is 11.1 Å². The molecular weight excluding hydrogens is 489 g/mol. The predicted octanol–water partition coefficient (Wildman–Crippen LogP) is 6.75. The topological polar surface area (TPSA) is 71.5 Å². The first-order chi connectivity index (χ1) is 16.9. The van der Waals surface area contributed by atoms with E-state index in [1.807, 2.05) is 0 Å². The fraction of sp³-hybridized carbons (Fsp3) is 0.269. The molecule has 0 radical (unpaired) electrons. The van der Waals surface area contributed by atoms with E-state index in [-0.39, 0.29) is 17.9 Å². The summed E-state index contributed by atoms with van der Waals surface area (Å²) in [6.07, 6.45) is 3.55. The number of nitrogens with zero attached hydrogens (tertiary/aromatic N) is 2. The molecule has 1 fully saturated rings. The van der Waals surface area contributed by atoms with Crippen LogP contribution >= 0.6 is 22.9 Å². The van der Waals surface area contributed by atoms with Crippen molar-refractivity contribution in [1.29, 1.82) is 0 Å². The van der Waals surface area contributed by atoms with E-state index in [4.69, 9.17) is 16.3 Å². The molecule has 1 saturated heterocycles. The standard InChI is InChI=1S/C26H25ClFN3O3S/c1-2-3-14-34-26(33)31-12-10-18(11-13-31)25-30-23(16-35-25)24(32)29-22-9-8-20(28)15-21(22)17-4-6-19(27)7-5-17/h2,4-9,15-16,18H,1,3,10-14H2,(H,29,32).